The molecule has 0 amide bonds. The van der Waals surface area contributed by atoms with Crippen molar-refractivity contribution in [3.8, 4) is 0 Å². The van der Waals surface area contributed by atoms with Crippen LogP contribution >= 0.6 is 0 Å². The molecule has 0 unspecified atom stereocenters. The molecule has 4 N–H and O–H groups in total. The molecule has 16 heavy (non-hydrogen) atoms. The summed E-state index contributed by atoms with van der Waals surface area (Å²) in [4.78, 5) is 17.1. The van der Waals surface area contributed by atoms with E-state index >= 15 is 0 Å². The SMILES string of the molecule is CCOC(C)OCC.O=C(O)O.O=C(O)O. The molecule has 0 aliphatic carbocycles. The molecular formula is C8H18O8. The Bertz CT molecular complexity index is 143. The van der Waals surface area contributed by atoms with E-state index < -0.39 is 12.3 Å². The summed E-state index contributed by atoms with van der Waals surface area (Å²) >= 11 is 0. The zero-order valence-electron chi connectivity index (χ0n) is 9.41. The van der Waals surface area contributed by atoms with E-state index in [0.29, 0.717) is 0 Å². The zero-order chi connectivity index (χ0) is 13.6. The highest BCUT2D eigenvalue weighted by Crippen LogP contribution is 1.90. The summed E-state index contributed by atoms with van der Waals surface area (Å²) in [6.45, 7) is 7.25. The lowest BCUT2D eigenvalue weighted by atomic mass is 10.7. The van der Waals surface area contributed by atoms with Crippen LogP contribution in [-0.2, 0) is 9.47 Å². The van der Waals surface area contributed by atoms with Crippen molar-refractivity contribution < 1.29 is 39.5 Å². The van der Waals surface area contributed by atoms with Crippen molar-refractivity contribution in [2.45, 2.75) is 27.1 Å². The molecule has 0 aromatic rings. The van der Waals surface area contributed by atoms with Crippen LogP contribution in [0.4, 0.5) is 9.59 Å². The maximum Gasteiger partial charge on any atom is 0.503 e. The van der Waals surface area contributed by atoms with E-state index in [1.54, 1.807) is 0 Å². The fourth-order valence-corrected chi connectivity index (χ4v) is 0.518. The standard InChI is InChI=1S/C6H14O2.2CH2O3/c1-4-7-6(3)8-5-2;2*2-1(3)4/h6H,4-5H2,1-3H3;2*(H2,2,3,4). The average Bonchev–Trinajstić information content (AvgIpc) is 2.02. The van der Waals surface area contributed by atoms with E-state index in [1.165, 1.54) is 0 Å². The molecule has 98 valence electrons. The Hall–Kier alpha value is -1.54. The molecule has 0 saturated heterocycles. The van der Waals surface area contributed by atoms with Gasteiger partial charge in [0.05, 0.1) is 0 Å². The third kappa shape index (κ3) is 82.3. The fourth-order valence-electron chi connectivity index (χ4n) is 0.518. The molecule has 0 atom stereocenters. The summed E-state index contributed by atoms with van der Waals surface area (Å²) in [5.41, 5.74) is 0. The molecule has 8 heteroatoms. The molecule has 0 rings (SSSR count). The average molecular weight is 242 g/mol. The lowest BCUT2D eigenvalue weighted by molar-refractivity contribution is -0.123. The lowest BCUT2D eigenvalue weighted by Gasteiger charge is -2.09. The first-order valence-electron chi connectivity index (χ1n) is 4.34. The van der Waals surface area contributed by atoms with E-state index in [0.717, 1.165) is 13.2 Å². The Labute approximate surface area is 93.0 Å². The van der Waals surface area contributed by atoms with E-state index in [2.05, 4.69) is 0 Å². The molecule has 0 spiro atoms. The summed E-state index contributed by atoms with van der Waals surface area (Å²) in [5, 5.41) is 27.9. The highest BCUT2D eigenvalue weighted by atomic mass is 16.7. The van der Waals surface area contributed by atoms with Crippen molar-refractivity contribution in [1.29, 1.82) is 0 Å². The Morgan fingerprint density at radius 2 is 1.12 bits per heavy atom. The smallest absolute Gasteiger partial charge is 0.450 e. The molecule has 0 aliphatic heterocycles. The summed E-state index contributed by atoms with van der Waals surface area (Å²) in [6, 6.07) is 0. The van der Waals surface area contributed by atoms with Crippen LogP contribution in [0, 0.1) is 0 Å². The van der Waals surface area contributed by atoms with E-state index in [1.807, 2.05) is 20.8 Å². The second kappa shape index (κ2) is 15.9. The minimum Gasteiger partial charge on any atom is -0.450 e. The van der Waals surface area contributed by atoms with Gasteiger partial charge in [-0.15, -0.1) is 0 Å². The van der Waals surface area contributed by atoms with Gasteiger partial charge in [0.25, 0.3) is 0 Å². The van der Waals surface area contributed by atoms with Gasteiger partial charge in [0, 0.05) is 13.2 Å². The van der Waals surface area contributed by atoms with Crippen LogP contribution in [0.5, 0.6) is 0 Å². The van der Waals surface area contributed by atoms with Crippen LogP contribution in [-0.4, -0.2) is 52.2 Å². The fraction of sp³-hybridized carbons (Fsp3) is 0.750. The molecule has 0 fully saturated rings. The Balaban J connectivity index is -0.000000179. The van der Waals surface area contributed by atoms with E-state index in [-0.39, 0.29) is 6.29 Å². The molecular weight excluding hydrogens is 224 g/mol. The van der Waals surface area contributed by atoms with Crippen molar-refractivity contribution >= 4 is 12.3 Å². The minimum atomic E-state index is -1.83. The van der Waals surface area contributed by atoms with Crippen LogP contribution < -0.4 is 0 Å². The van der Waals surface area contributed by atoms with Crippen molar-refractivity contribution in [2.75, 3.05) is 13.2 Å². The summed E-state index contributed by atoms with van der Waals surface area (Å²) in [6.07, 6.45) is -3.70. The third-order valence-corrected chi connectivity index (χ3v) is 0.803. The predicted molar refractivity (Wildman–Crippen MR) is 54.0 cm³/mol. The second-order valence-corrected chi connectivity index (χ2v) is 2.04. The lowest BCUT2D eigenvalue weighted by Crippen LogP contribution is -2.11. The molecule has 8 nitrogen and oxygen atoms in total. The Morgan fingerprint density at radius 1 is 0.938 bits per heavy atom. The summed E-state index contributed by atoms with van der Waals surface area (Å²) < 4.78 is 10.1. The first-order chi connectivity index (χ1) is 7.27. The van der Waals surface area contributed by atoms with Crippen molar-refractivity contribution in [1.82, 2.24) is 0 Å². The van der Waals surface area contributed by atoms with Crippen LogP contribution in [0.15, 0.2) is 0 Å². The van der Waals surface area contributed by atoms with Crippen LogP contribution in [0.2, 0.25) is 0 Å². The van der Waals surface area contributed by atoms with Gasteiger partial charge in [-0.3, -0.25) is 0 Å². The number of hydrogen-bond donors (Lipinski definition) is 4. The summed E-state index contributed by atoms with van der Waals surface area (Å²) in [5.74, 6) is 0. The largest absolute Gasteiger partial charge is 0.503 e. The quantitative estimate of drug-likeness (QED) is 0.548. The Morgan fingerprint density at radius 3 is 1.25 bits per heavy atom. The molecule has 0 aromatic heterocycles. The second-order valence-electron chi connectivity index (χ2n) is 2.04. The van der Waals surface area contributed by atoms with E-state index in [4.69, 9.17) is 39.5 Å². The maximum absolute atomic E-state index is 8.56. The van der Waals surface area contributed by atoms with Gasteiger partial charge in [-0.2, -0.15) is 0 Å². The van der Waals surface area contributed by atoms with Crippen LogP contribution in [0.25, 0.3) is 0 Å². The van der Waals surface area contributed by atoms with Gasteiger partial charge in [0.1, 0.15) is 0 Å². The van der Waals surface area contributed by atoms with Crippen LogP contribution in [0.3, 0.4) is 0 Å². The molecule has 0 bridgehead atoms. The first-order valence-corrected chi connectivity index (χ1v) is 4.34. The van der Waals surface area contributed by atoms with Gasteiger partial charge in [-0.05, 0) is 20.8 Å². The Kier molecular flexibility index (Phi) is 19.8. The number of hydrogen-bond acceptors (Lipinski definition) is 4. The van der Waals surface area contributed by atoms with Crippen LogP contribution in [0.1, 0.15) is 20.8 Å². The van der Waals surface area contributed by atoms with Gasteiger partial charge in [0.2, 0.25) is 0 Å². The highest BCUT2D eigenvalue weighted by molar-refractivity contribution is 5.53. The van der Waals surface area contributed by atoms with Gasteiger partial charge in [-0.1, -0.05) is 0 Å². The molecule has 0 aliphatic rings. The molecule has 0 aromatic carbocycles. The topological polar surface area (TPSA) is 134 Å². The van der Waals surface area contributed by atoms with Gasteiger partial charge < -0.3 is 29.9 Å². The monoisotopic (exact) mass is 242 g/mol. The number of rotatable bonds is 4. The summed E-state index contributed by atoms with van der Waals surface area (Å²) in [7, 11) is 0. The number of carboxylic acid groups (broad SMARTS) is 4. The van der Waals surface area contributed by atoms with E-state index in [9.17, 15) is 0 Å². The van der Waals surface area contributed by atoms with Crippen molar-refractivity contribution in [3.63, 3.8) is 0 Å². The molecule has 0 heterocycles. The maximum atomic E-state index is 8.56. The van der Waals surface area contributed by atoms with Crippen molar-refractivity contribution in [2.24, 2.45) is 0 Å². The van der Waals surface area contributed by atoms with Gasteiger partial charge in [0.15, 0.2) is 6.29 Å². The zero-order valence-corrected chi connectivity index (χ0v) is 9.41. The van der Waals surface area contributed by atoms with Gasteiger partial charge >= 0.3 is 12.3 Å². The molecule has 0 radical (unpaired) electrons. The number of ether oxygens (including phenoxy) is 2. The molecule has 0 saturated carbocycles. The first kappa shape index (κ1) is 19.9. The highest BCUT2D eigenvalue weighted by Gasteiger charge is 1.94. The predicted octanol–water partition coefficient (Wildman–Crippen LogP) is 1.85. The number of carbonyl (C=O) groups is 2. The normalized spacial score (nSPS) is 8.25. The third-order valence-electron chi connectivity index (χ3n) is 0.803. The minimum absolute atomic E-state index is 0.0370. The van der Waals surface area contributed by atoms with Gasteiger partial charge in [-0.25, -0.2) is 9.59 Å². The van der Waals surface area contributed by atoms with Crippen molar-refractivity contribution in [3.05, 3.63) is 0 Å².